The van der Waals surface area contributed by atoms with Gasteiger partial charge >= 0.3 is 5.97 Å². The van der Waals surface area contributed by atoms with Crippen molar-refractivity contribution in [2.75, 3.05) is 7.11 Å². The van der Waals surface area contributed by atoms with Crippen molar-refractivity contribution < 1.29 is 19.7 Å². The summed E-state index contributed by atoms with van der Waals surface area (Å²) in [4.78, 5) is 15.5. The van der Waals surface area contributed by atoms with E-state index < -0.39 is 5.97 Å². The van der Waals surface area contributed by atoms with E-state index in [-0.39, 0.29) is 16.7 Å². The van der Waals surface area contributed by atoms with Gasteiger partial charge in [0.1, 0.15) is 11.5 Å². The minimum absolute atomic E-state index is 0.145. The monoisotopic (exact) mass is 405 g/mol. The number of aliphatic imine (C=N–C) groups is 1. The summed E-state index contributed by atoms with van der Waals surface area (Å²) in [5.74, 6) is 2.42. The molecule has 4 aliphatic rings. The average molecular weight is 405 g/mol. The lowest BCUT2D eigenvalue weighted by Gasteiger charge is -2.57. The van der Waals surface area contributed by atoms with Gasteiger partial charge in [-0.1, -0.05) is 0 Å². The van der Waals surface area contributed by atoms with Gasteiger partial charge in [0.15, 0.2) is 0 Å². The highest BCUT2D eigenvalue weighted by Crippen LogP contribution is 2.62. The van der Waals surface area contributed by atoms with Gasteiger partial charge in [0, 0.05) is 23.4 Å². The van der Waals surface area contributed by atoms with Gasteiger partial charge < -0.3 is 14.9 Å². The number of methoxy groups -OCH3 is 1. The van der Waals surface area contributed by atoms with E-state index in [9.17, 15) is 9.90 Å². The molecular formula is C25H27NO4. The first-order valence-corrected chi connectivity index (χ1v) is 10.7. The standard InChI is InChI=1S/C25H27NO4/c1-30-23-10-22(27)19(14-26-20-4-2-18(3-5-20)24(28)29)9-21(23)25-11-15-6-16(12-25)8-17(7-15)13-25/h2-5,9-10,14-17,27H,6-8,11-13H2,1H3,(H,28,29)/b26-14+. The van der Waals surface area contributed by atoms with Crippen molar-refractivity contribution in [3.8, 4) is 11.5 Å². The van der Waals surface area contributed by atoms with Crippen molar-refractivity contribution in [2.24, 2.45) is 22.7 Å². The Bertz CT molecular complexity index is 973. The van der Waals surface area contributed by atoms with Gasteiger partial charge in [0.05, 0.1) is 18.4 Å². The van der Waals surface area contributed by atoms with E-state index in [2.05, 4.69) is 11.1 Å². The van der Waals surface area contributed by atoms with E-state index in [1.165, 1.54) is 56.2 Å². The van der Waals surface area contributed by atoms with Crippen LogP contribution in [0.2, 0.25) is 0 Å². The maximum atomic E-state index is 11.0. The molecule has 4 fully saturated rings. The molecular weight excluding hydrogens is 378 g/mol. The quantitative estimate of drug-likeness (QED) is 0.660. The fourth-order valence-corrected chi connectivity index (χ4v) is 6.55. The Morgan fingerprint density at radius 3 is 2.20 bits per heavy atom. The van der Waals surface area contributed by atoms with Crippen molar-refractivity contribution in [3.63, 3.8) is 0 Å². The van der Waals surface area contributed by atoms with Crippen LogP contribution in [0.5, 0.6) is 11.5 Å². The Morgan fingerprint density at radius 1 is 1.07 bits per heavy atom. The van der Waals surface area contributed by atoms with Crippen molar-refractivity contribution in [3.05, 3.63) is 53.1 Å². The zero-order chi connectivity index (χ0) is 20.9. The lowest BCUT2D eigenvalue weighted by atomic mass is 9.48. The number of ether oxygens (including phenoxy) is 1. The summed E-state index contributed by atoms with van der Waals surface area (Å²) in [6.07, 6.45) is 9.43. The fourth-order valence-electron chi connectivity index (χ4n) is 6.55. The summed E-state index contributed by atoms with van der Waals surface area (Å²) in [5, 5.41) is 19.6. The number of aromatic carboxylic acids is 1. The maximum Gasteiger partial charge on any atom is 0.335 e. The molecule has 6 rings (SSSR count). The molecule has 0 aromatic heterocycles. The van der Waals surface area contributed by atoms with Gasteiger partial charge in [-0.2, -0.15) is 0 Å². The third-order valence-corrected chi connectivity index (χ3v) is 7.43. The Balaban J connectivity index is 1.49. The molecule has 2 aromatic carbocycles. The molecule has 0 amide bonds. The van der Waals surface area contributed by atoms with E-state index in [1.54, 1.807) is 31.5 Å². The normalized spacial score (nSPS) is 29.4. The molecule has 0 aliphatic heterocycles. The van der Waals surface area contributed by atoms with Gasteiger partial charge in [-0.3, -0.25) is 4.99 Å². The van der Waals surface area contributed by atoms with E-state index in [0.717, 1.165) is 23.5 Å². The van der Waals surface area contributed by atoms with Gasteiger partial charge in [0.25, 0.3) is 0 Å². The number of rotatable bonds is 5. The molecule has 4 saturated carbocycles. The van der Waals surface area contributed by atoms with E-state index >= 15 is 0 Å². The van der Waals surface area contributed by atoms with Crippen molar-refractivity contribution in [1.82, 2.24) is 0 Å². The zero-order valence-corrected chi connectivity index (χ0v) is 17.2. The summed E-state index contributed by atoms with van der Waals surface area (Å²) < 4.78 is 5.71. The Hall–Kier alpha value is -2.82. The van der Waals surface area contributed by atoms with Crippen LogP contribution in [0.1, 0.15) is 60.0 Å². The lowest BCUT2D eigenvalue weighted by Crippen LogP contribution is -2.48. The maximum absolute atomic E-state index is 11.0. The number of aromatic hydroxyl groups is 1. The second-order valence-corrected chi connectivity index (χ2v) is 9.42. The van der Waals surface area contributed by atoms with Crippen LogP contribution in [0.25, 0.3) is 0 Å². The predicted molar refractivity (Wildman–Crippen MR) is 115 cm³/mol. The molecule has 4 aliphatic carbocycles. The van der Waals surface area contributed by atoms with E-state index in [0.29, 0.717) is 11.3 Å². The second kappa shape index (κ2) is 7.15. The summed E-state index contributed by atoms with van der Waals surface area (Å²) in [7, 11) is 1.68. The summed E-state index contributed by atoms with van der Waals surface area (Å²) in [5.41, 5.74) is 2.91. The molecule has 0 spiro atoms. The van der Waals surface area contributed by atoms with Crippen LogP contribution in [0.4, 0.5) is 5.69 Å². The van der Waals surface area contributed by atoms with Gasteiger partial charge in [0.2, 0.25) is 0 Å². The number of carboxylic acid groups (broad SMARTS) is 1. The molecule has 0 radical (unpaired) electrons. The van der Waals surface area contributed by atoms with E-state index in [1.807, 2.05) is 0 Å². The number of hydrogen-bond donors (Lipinski definition) is 2. The third kappa shape index (κ3) is 3.26. The highest BCUT2D eigenvalue weighted by molar-refractivity contribution is 5.89. The molecule has 30 heavy (non-hydrogen) atoms. The fraction of sp³-hybridized carbons (Fsp3) is 0.440. The molecule has 0 saturated heterocycles. The number of carboxylic acids is 1. The largest absolute Gasteiger partial charge is 0.507 e. The van der Waals surface area contributed by atoms with Crippen LogP contribution >= 0.6 is 0 Å². The molecule has 5 heteroatoms. The minimum Gasteiger partial charge on any atom is -0.507 e. The van der Waals surface area contributed by atoms with E-state index in [4.69, 9.17) is 9.84 Å². The van der Waals surface area contributed by atoms with Gasteiger partial charge in [-0.15, -0.1) is 0 Å². The van der Waals surface area contributed by atoms with Crippen LogP contribution in [-0.2, 0) is 5.41 Å². The molecule has 2 aromatic rings. The van der Waals surface area contributed by atoms with Crippen LogP contribution < -0.4 is 4.74 Å². The number of phenolic OH excluding ortho intramolecular Hbond substituents is 1. The Kier molecular flexibility index (Phi) is 4.57. The van der Waals surface area contributed by atoms with Crippen LogP contribution in [0, 0.1) is 17.8 Å². The smallest absolute Gasteiger partial charge is 0.335 e. The van der Waals surface area contributed by atoms with Crippen LogP contribution in [-0.4, -0.2) is 29.5 Å². The summed E-state index contributed by atoms with van der Waals surface area (Å²) >= 11 is 0. The zero-order valence-electron chi connectivity index (χ0n) is 17.2. The molecule has 5 nitrogen and oxygen atoms in total. The van der Waals surface area contributed by atoms with Crippen LogP contribution in [0.3, 0.4) is 0 Å². The summed E-state index contributed by atoms with van der Waals surface area (Å²) in [6.45, 7) is 0. The molecule has 0 atom stereocenters. The average Bonchev–Trinajstić information content (AvgIpc) is 2.71. The van der Waals surface area contributed by atoms with Crippen molar-refractivity contribution in [1.29, 1.82) is 0 Å². The molecule has 4 bridgehead atoms. The molecule has 156 valence electrons. The molecule has 0 heterocycles. The topological polar surface area (TPSA) is 79.1 Å². The minimum atomic E-state index is -0.960. The lowest BCUT2D eigenvalue weighted by molar-refractivity contribution is -0.00618. The van der Waals surface area contributed by atoms with Gasteiger partial charge in [-0.05, 0) is 92.0 Å². The first-order chi connectivity index (χ1) is 14.5. The second-order valence-electron chi connectivity index (χ2n) is 9.42. The Labute approximate surface area is 176 Å². The number of hydrogen-bond acceptors (Lipinski definition) is 4. The summed E-state index contributed by atoms with van der Waals surface area (Å²) in [6, 6.07) is 10.2. The predicted octanol–water partition coefficient (Wildman–Crippen LogP) is 5.32. The van der Waals surface area contributed by atoms with Crippen molar-refractivity contribution in [2.45, 2.75) is 43.9 Å². The van der Waals surface area contributed by atoms with Crippen molar-refractivity contribution >= 4 is 17.9 Å². The highest BCUT2D eigenvalue weighted by Gasteiger charge is 2.52. The first-order valence-electron chi connectivity index (χ1n) is 10.7. The number of carbonyl (C=O) groups is 1. The SMILES string of the molecule is COc1cc(O)c(/C=N/c2ccc(C(=O)O)cc2)cc1C12CC3CC(CC(C3)C1)C2. The first kappa shape index (κ1) is 19.2. The number of nitrogens with zero attached hydrogens (tertiary/aromatic N) is 1. The Morgan fingerprint density at radius 2 is 1.67 bits per heavy atom. The third-order valence-electron chi connectivity index (χ3n) is 7.43. The highest BCUT2D eigenvalue weighted by atomic mass is 16.5. The molecule has 0 unspecified atom stereocenters. The number of phenols is 1. The van der Waals surface area contributed by atoms with Crippen LogP contribution in [0.15, 0.2) is 41.4 Å². The molecule has 2 N–H and O–H groups in total. The number of benzene rings is 2. The van der Waals surface area contributed by atoms with Gasteiger partial charge in [-0.25, -0.2) is 4.79 Å².